The van der Waals surface area contributed by atoms with Crippen LogP contribution in [0.5, 0.6) is 0 Å². The maximum Gasteiger partial charge on any atom is 0.0594 e. The van der Waals surface area contributed by atoms with Crippen molar-refractivity contribution in [3.8, 4) is 0 Å². The van der Waals surface area contributed by atoms with Crippen molar-refractivity contribution in [3.63, 3.8) is 0 Å². The van der Waals surface area contributed by atoms with Crippen molar-refractivity contribution in [2.45, 2.75) is 25.3 Å². The molecule has 1 heterocycles. The Morgan fingerprint density at radius 2 is 2.00 bits per heavy atom. The van der Waals surface area contributed by atoms with Crippen LogP contribution >= 0.6 is 0 Å². The summed E-state index contributed by atoms with van der Waals surface area (Å²) in [6.07, 6.45) is 3.80. The minimum Gasteiger partial charge on any atom is -0.379 e. The van der Waals surface area contributed by atoms with Gasteiger partial charge in [0.05, 0.1) is 13.2 Å². The van der Waals surface area contributed by atoms with Crippen LogP contribution in [0.15, 0.2) is 0 Å². The normalized spacial score (nSPS) is 36.7. The van der Waals surface area contributed by atoms with E-state index in [-0.39, 0.29) is 0 Å². The van der Waals surface area contributed by atoms with Gasteiger partial charge in [0.2, 0.25) is 0 Å². The summed E-state index contributed by atoms with van der Waals surface area (Å²) in [5, 5.41) is 0. The fraction of sp³-hybridized carbons (Fsp3) is 1.00. The van der Waals surface area contributed by atoms with Gasteiger partial charge in [-0.3, -0.25) is 4.90 Å². The summed E-state index contributed by atoms with van der Waals surface area (Å²) >= 11 is 0. The van der Waals surface area contributed by atoms with Crippen LogP contribution in [0.25, 0.3) is 0 Å². The molecule has 13 heavy (non-hydrogen) atoms. The van der Waals surface area contributed by atoms with Gasteiger partial charge < -0.3 is 10.5 Å². The maximum atomic E-state index is 5.89. The highest BCUT2D eigenvalue weighted by Gasteiger charge is 2.24. The topological polar surface area (TPSA) is 38.5 Å². The minimum atomic E-state index is 0.478. The first-order valence-corrected chi connectivity index (χ1v) is 5.40. The molecule has 1 aliphatic heterocycles. The van der Waals surface area contributed by atoms with E-state index in [4.69, 9.17) is 10.5 Å². The molecule has 1 aliphatic carbocycles. The molecular formula is C10H20N2O. The van der Waals surface area contributed by atoms with E-state index >= 15 is 0 Å². The Labute approximate surface area is 80.2 Å². The number of hydrogen-bond acceptors (Lipinski definition) is 3. The third-order valence-corrected chi connectivity index (χ3v) is 3.20. The molecule has 2 aliphatic rings. The summed E-state index contributed by atoms with van der Waals surface area (Å²) in [5.41, 5.74) is 5.89. The molecule has 2 rings (SSSR count). The Morgan fingerprint density at radius 3 is 2.62 bits per heavy atom. The van der Waals surface area contributed by atoms with Gasteiger partial charge in [0.1, 0.15) is 0 Å². The first-order valence-electron chi connectivity index (χ1n) is 5.40. The highest BCUT2D eigenvalue weighted by atomic mass is 16.5. The standard InChI is InChI=1S/C10H20N2O/c11-10-2-1-9(7-10)8-12-3-5-13-6-4-12/h9-10H,1-8,11H2/t9-,10+/m0/s1. The van der Waals surface area contributed by atoms with Crippen LogP contribution < -0.4 is 5.73 Å². The van der Waals surface area contributed by atoms with Crippen molar-refractivity contribution in [2.24, 2.45) is 11.7 Å². The Hall–Kier alpha value is -0.120. The predicted molar refractivity (Wildman–Crippen MR) is 52.6 cm³/mol. The molecule has 0 aromatic heterocycles. The molecule has 0 unspecified atom stereocenters. The molecule has 3 heteroatoms. The van der Waals surface area contributed by atoms with Crippen molar-refractivity contribution in [1.82, 2.24) is 4.90 Å². The van der Waals surface area contributed by atoms with Gasteiger partial charge >= 0.3 is 0 Å². The van der Waals surface area contributed by atoms with E-state index in [0.29, 0.717) is 6.04 Å². The molecule has 2 fully saturated rings. The Kier molecular flexibility index (Phi) is 3.19. The zero-order chi connectivity index (χ0) is 9.10. The molecule has 3 nitrogen and oxygen atoms in total. The molecule has 0 amide bonds. The molecule has 0 spiro atoms. The smallest absolute Gasteiger partial charge is 0.0594 e. The lowest BCUT2D eigenvalue weighted by Crippen LogP contribution is -2.39. The first kappa shape index (κ1) is 9.44. The molecule has 2 N–H and O–H groups in total. The molecule has 76 valence electrons. The van der Waals surface area contributed by atoms with Gasteiger partial charge in [0.15, 0.2) is 0 Å². The molecule has 1 saturated carbocycles. The van der Waals surface area contributed by atoms with Gasteiger partial charge in [-0.05, 0) is 25.2 Å². The van der Waals surface area contributed by atoms with Crippen LogP contribution in [0.1, 0.15) is 19.3 Å². The number of rotatable bonds is 2. The lowest BCUT2D eigenvalue weighted by molar-refractivity contribution is 0.0310. The summed E-state index contributed by atoms with van der Waals surface area (Å²) in [6, 6.07) is 0.478. The highest BCUT2D eigenvalue weighted by Crippen LogP contribution is 2.24. The van der Waals surface area contributed by atoms with E-state index < -0.39 is 0 Å². The second-order valence-electron chi connectivity index (χ2n) is 4.35. The first-order chi connectivity index (χ1) is 6.34. The van der Waals surface area contributed by atoms with Gasteiger partial charge in [-0.1, -0.05) is 0 Å². The minimum absolute atomic E-state index is 0.478. The predicted octanol–water partition coefficient (Wildman–Crippen LogP) is 0.446. The SMILES string of the molecule is N[C@@H]1CC[C@H](CN2CCOCC2)C1. The average Bonchev–Trinajstić information content (AvgIpc) is 2.53. The number of ether oxygens (including phenoxy) is 1. The van der Waals surface area contributed by atoms with E-state index in [1.807, 2.05) is 0 Å². The maximum absolute atomic E-state index is 5.89. The quantitative estimate of drug-likeness (QED) is 0.677. The summed E-state index contributed by atoms with van der Waals surface area (Å²) in [4.78, 5) is 2.52. The van der Waals surface area contributed by atoms with E-state index in [2.05, 4.69) is 4.90 Å². The van der Waals surface area contributed by atoms with Crippen molar-refractivity contribution in [3.05, 3.63) is 0 Å². The van der Waals surface area contributed by atoms with Crippen LogP contribution in [-0.2, 0) is 4.74 Å². The van der Waals surface area contributed by atoms with Crippen LogP contribution in [0.3, 0.4) is 0 Å². The van der Waals surface area contributed by atoms with Crippen molar-refractivity contribution in [2.75, 3.05) is 32.8 Å². The number of nitrogens with two attached hydrogens (primary N) is 1. The molecule has 0 aromatic carbocycles. The molecule has 2 atom stereocenters. The molecular weight excluding hydrogens is 164 g/mol. The lowest BCUT2D eigenvalue weighted by atomic mass is 10.1. The number of hydrogen-bond donors (Lipinski definition) is 1. The largest absolute Gasteiger partial charge is 0.379 e. The van der Waals surface area contributed by atoms with E-state index in [1.165, 1.54) is 25.8 Å². The molecule has 0 bridgehead atoms. The third-order valence-electron chi connectivity index (χ3n) is 3.20. The fourth-order valence-electron chi connectivity index (χ4n) is 2.43. The Balaban J connectivity index is 1.71. The number of nitrogens with zero attached hydrogens (tertiary/aromatic N) is 1. The summed E-state index contributed by atoms with van der Waals surface area (Å²) in [6.45, 7) is 5.31. The zero-order valence-electron chi connectivity index (χ0n) is 8.24. The third kappa shape index (κ3) is 2.66. The van der Waals surface area contributed by atoms with Crippen molar-refractivity contribution >= 4 is 0 Å². The fourth-order valence-corrected chi connectivity index (χ4v) is 2.43. The van der Waals surface area contributed by atoms with Crippen molar-refractivity contribution in [1.29, 1.82) is 0 Å². The van der Waals surface area contributed by atoms with Crippen molar-refractivity contribution < 1.29 is 4.74 Å². The second-order valence-corrected chi connectivity index (χ2v) is 4.35. The second kappa shape index (κ2) is 4.40. The van der Waals surface area contributed by atoms with Crippen LogP contribution in [0.4, 0.5) is 0 Å². The monoisotopic (exact) mass is 184 g/mol. The van der Waals surface area contributed by atoms with E-state index in [0.717, 1.165) is 32.2 Å². The summed E-state index contributed by atoms with van der Waals surface area (Å²) in [5.74, 6) is 0.855. The van der Waals surface area contributed by atoms with Gasteiger partial charge in [-0.25, -0.2) is 0 Å². The van der Waals surface area contributed by atoms with Crippen LogP contribution in [-0.4, -0.2) is 43.8 Å². The summed E-state index contributed by atoms with van der Waals surface area (Å²) < 4.78 is 5.32. The summed E-state index contributed by atoms with van der Waals surface area (Å²) in [7, 11) is 0. The Bertz CT molecular complexity index is 154. The number of morpholine rings is 1. The van der Waals surface area contributed by atoms with Crippen LogP contribution in [0, 0.1) is 5.92 Å². The highest BCUT2D eigenvalue weighted by molar-refractivity contribution is 4.80. The zero-order valence-corrected chi connectivity index (χ0v) is 8.24. The molecule has 1 saturated heterocycles. The lowest BCUT2D eigenvalue weighted by Gasteiger charge is -2.28. The van der Waals surface area contributed by atoms with Crippen LogP contribution in [0.2, 0.25) is 0 Å². The van der Waals surface area contributed by atoms with Gasteiger partial charge in [-0.2, -0.15) is 0 Å². The molecule has 0 aromatic rings. The Morgan fingerprint density at radius 1 is 1.23 bits per heavy atom. The van der Waals surface area contributed by atoms with Gasteiger partial charge in [-0.15, -0.1) is 0 Å². The van der Waals surface area contributed by atoms with Gasteiger partial charge in [0, 0.05) is 25.7 Å². The van der Waals surface area contributed by atoms with Gasteiger partial charge in [0.25, 0.3) is 0 Å². The average molecular weight is 184 g/mol. The van der Waals surface area contributed by atoms with E-state index in [9.17, 15) is 0 Å². The molecule has 0 radical (unpaired) electrons. The van der Waals surface area contributed by atoms with E-state index in [1.54, 1.807) is 0 Å².